The van der Waals surface area contributed by atoms with E-state index in [1.807, 2.05) is 20.8 Å². The predicted octanol–water partition coefficient (Wildman–Crippen LogP) is 1.74. The largest absolute Gasteiger partial charge is 0.399 e. The molecule has 0 aliphatic carbocycles. The summed E-state index contributed by atoms with van der Waals surface area (Å²) in [6.07, 6.45) is 0.717. The molecule has 0 saturated heterocycles. The van der Waals surface area contributed by atoms with Gasteiger partial charge in [-0.3, -0.25) is 0 Å². The lowest BCUT2D eigenvalue weighted by Crippen LogP contribution is -2.42. The summed E-state index contributed by atoms with van der Waals surface area (Å²) in [7, 11) is -3.48. The van der Waals surface area contributed by atoms with E-state index in [2.05, 4.69) is 4.72 Å². The van der Waals surface area contributed by atoms with Gasteiger partial charge >= 0.3 is 0 Å². The first-order chi connectivity index (χ1) is 7.27. The van der Waals surface area contributed by atoms with Gasteiger partial charge in [0.05, 0.1) is 4.90 Å². The minimum Gasteiger partial charge on any atom is -0.399 e. The first-order valence-corrected chi connectivity index (χ1v) is 6.65. The quantitative estimate of drug-likeness (QED) is 0.790. The van der Waals surface area contributed by atoms with E-state index in [0.29, 0.717) is 12.1 Å². The fourth-order valence-electron chi connectivity index (χ4n) is 1.18. The Morgan fingerprint density at radius 1 is 1.38 bits per heavy atom. The Morgan fingerprint density at radius 2 is 2.00 bits per heavy atom. The van der Waals surface area contributed by atoms with Gasteiger partial charge in [0.1, 0.15) is 0 Å². The molecule has 0 unspecified atom stereocenters. The molecule has 1 rings (SSSR count). The van der Waals surface area contributed by atoms with Gasteiger partial charge in [-0.05, 0) is 38.5 Å². The summed E-state index contributed by atoms with van der Waals surface area (Å²) in [6.45, 7) is 5.62. The van der Waals surface area contributed by atoms with Crippen LogP contribution in [0.5, 0.6) is 0 Å². The number of nitrogen functional groups attached to an aromatic ring is 1. The topological polar surface area (TPSA) is 72.2 Å². The smallest absolute Gasteiger partial charge is 0.241 e. The van der Waals surface area contributed by atoms with Crippen LogP contribution in [0.15, 0.2) is 29.2 Å². The van der Waals surface area contributed by atoms with Crippen molar-refractivity contribution >= 4 is 15.7 Å². The average molecular weight is 242 g/mol. The van der Waals surface area contributed by atoms with E-state index in [1.54, 1.807) is 12.1 Å². The maximum atomic E-state index is 12.0. The fraction of sp³-hybridized carbons (Fsp3) is 0.455. The Hall–Kier alpha value is -1.07. The Balaban J connectivity index is 3.04. The van der Waals surface area contributed by atoms with E-state index in [1.165, 1.54) is 12.1 Å². The van der Waals surface area contributed by atoms with Crippen LogP contribution in [0, 0.1) is 0 Å². The lowest BCUT2D eigenvalue weighted by Gasteiger charge is -2.24. The van der Waals surface area contributed by atoms with E-state index in [4.69, 9.17) is 5.73 Å². The molecular formula is C11H18N2O2S. The van der Waals surface area contributed by atoms with Crippen LogP contribution < -0.4 is 10.5 Å². The molecular weight excluding hydrogens is 224 g/mol. The molecule has 5 heteroatoms. The molecule has 0 heterocycles. The number of nitrogens with two attached hydrogens (primary N) is 1. The summed E-state index contributed by atoms with van der Waals surface area (Å²) in [4.78, 5) is 0.203. The molecule has 0 bridgehead atoms. The molecule has 0 spiro atoms. The number of rotatable bonds is 4. The van der Waals surface area contributed by atoms with Gasteiger partial charge in [0.25, 0.3) is 0 Å². The molecule has 0 aliphatic heterocycles. The van der Waals surface area contributed by atoms with Crippen LogP contribution in [0.3, 0.4) is 0 Å². The second-order valence-corrected chi connectivity index (χ2v) is 6.10. The zero-order valence-corrected chi connectivity index (χ0v) is 10.6. The molecule has 0 aliphatic rings. The average Bonchev–Trinajstić information content (AvgIpc) is 2.16. The fourth-order valence-corrected chi connectivity index (χ4v) is 2.72. The summed E-state index contributed by atoms with van der Waals surface area (Å²) in [5.41, 5.74) is 5.55. The molecule has 0 radical (unpaired) electrons. The number of hydrogen-bond donors (Lipinski definition) is 2. The second-order valence-electron chi connectivity index (χ2n) is 4.42. The van der Waals surface area contributed by atoms with Gasteiger partial charge in [-0.1, -0.05) is 13.0 Å². The van der Waals surface area contributed by atoms with Crippen LogP contribution in [0.2, 0.25) is 0 Å². The normalized spacial score (nSPS) is 12.7. The lowest BCUT2D eigenvalue weighted by atomic mass is 10.0. The van der Waals surface area contributed by atoms with Crippen LogP contribution in [0.25, 0.3) is 0 Å². The first kappa shape index (κ1) is 13.0. The highest BCUT2D eigenvalue weighted by Gasteiger charge is 2.24. The molecule has 0 fully saturated rings. The summed E-state index contributed by atoms with van der Waals surface area (Å²) in [6, 6.07) is 6.27. The number of benzene rings is 1. The van der Waals surface area contributed by atoms with Crippen molar-refractivity contribution in [2.75, 3.05) is 5.73 Å². The van der Waals surface area contributed by atoms with Gasteiger partial charge in [-0.25, -0.2) is 13.1 Å². The third-order valence-corrected chi connectivity index (χ3v) is 4.16. The van der Waals surface area contributed by atoms with Crippen LogP contribution >= 0.6 is 0 Å². The minimum atomic E-state index is -3.48. The van der Waals surface area contributed by atoms with Crippen molar-refractivity contribution in [3.63, 3.8) is 0 Å². The standard InChI is InChI=1S/C11H18N2O2S/c1-4-11(2,3)13-16(14,15)10-7-5-6-9(12)8-10/h5-8,13H,4,12H2,1-3H3. The van der Waals surface area contributed by atoms with Crippen LogP contribution in [0.4, 0.5) is 5.69 Å². The van der Waals surface area contributed by atoms with Crippen LogP contribution in [-0.2, 0) is 10.0 Å². The highest BCUT2D eigenvalue weighted by molar-refractivity contribution is 7.89. The van der Waals surface area contributed by atoms with Crippen molar-refractivity contribution in [1.82, 2.24) is 4.72 Å². The zero-order chi connectivity index (χ0) is 12.4. The molecule has 3 N–H and O–H groups in total. The minimum absolute atomic E-state index is 0.203. The number of nitrogens with one attached hydrogen (secondary N) is 1. The monoisotopic (exact) mass is 242 g/mol. The molecule has 1 aromatic rings. The van der Waals surface area contributed by atoms with Gasteiger partial charge in [0.15, 0.2) is 0 Å². The number of sulfonamides is 1. The number of anilines is 1. The SMILES string of the molecule is CCC(C)(C)NS(=O)(=O)c1cccc(N)c1. The third-order valence-electron chi connectivity index (χ3n) is 2.46. The Morgan fingerprint density at radius 3 is 2.50 bits per heavy atom. The van der Waals surface area contributed by atoms with E-state index in [9.17, 15) is 8.42 Å². The Labute approximate surface area is 96.9 Å². The molecule has 0 saturated carbocycles. The highest BCUT2D eigenvalue weighted by Crippen LogP contribution is 2.17. The predicted molar refractivity (Wildman–Crippen MR) is 65.5 cm³/mol. The number of hydrogen-bond acceptors (Lipinski definition) is 3. The van der Waals surface area contributed by atoms with Gasteiger partial charge < -0.3 is 5.73 Å². The summed E-state index contributed by atoms with van der Waals surface area (Å²) in [5.74, 6) is 0. The van der Waals surface area contributed by atoms with Crippen molar-refractivity contribution in [3.8, 4) is 0 Å². The van der Waals surface area contributed by atoms with Gasteiger partial charge in [0, 0.05) is 11.2 Å². The summed E-state index contributed by atoms with van der Waals surface area (Å²) >= 11 is 0. The van der Waals surface area contributed by atoms with Crippen molar-refractivity contribution < 1.29 is 8.42 Å². The van der Waals surface area contributed by atoms with Gasteiger partial charge in [0.2, 0.25) is 10.0 Å². The molecule has 0 amide bonds. The van der Waals surface area contributed by atoms with E-state index in [0.717, 1.165) is 0 Å². The summed E-state index contributed by atoms with van der Waals surface area (Å²) in [5, 5.41) is 0. The molecule has 0 atom stereocenters. The maximum Gasteiger partial charge on any atom is 0.241 e. The van der Waals surface area contributed by atoms with E-state index < -0.39 is 15.6 Å². The van der Waals surface area contributed by atoms with Crippen LogP contribution in [-0.4, -0.2) is 14.0 Å². The lowest BCUT2D eigenvalue weighted by molar-refractivity contribution is 0.439. The molecule has 0 aromatic heterocycles. The second kappa shape index (κ2) is 4.43. The molecule has 16 heavy (non-hydrogen) atoms. The van der Waals surface area contributed by atoms with Gasteiger partial charge in [-0.15, -0.1) is 0 Å². The van der Waals surface area contributed by atoms with Gasteiger partial charge in [-0.2, -0.15) is 0 Å². The van der Waals surface area contributed by atoms with Crippen molar-refractivity contribution in [2.24, 2.45) is 0 Å². The zero-order valence-electron chi connectivity index (χ0n) is 9.82. The van der Waals surface area contributed by atoms with E-state index in [-0.39, 0.29) is 4.90 Å². The van der Waals surface area contributed by atoms with Crippen molar-refractivity contribution in [2.45, 2.75) is 37.6 Å². The van der Waals surface area contributed by atoms with Crippen molar-refractivity contribution in [3.05, 3.63) is 24.3 Å². The molecule has 90 valence electrons. The Bertz CT molecular complexity index is 467. The third kappa shape index (κ3) is 3.21. The molecule has 4 nitrogen and oxygen atoms in total. The highest BCUT2D eigenvalue weighted by atomic mass is 32.2. The van der Waals surface area contributed by atoms with E-state index >= 15 is 0 Å². The summed E-state index contributed by atoms with van der Waals surface area (Å²) < 4.78 is 26.6. The van der Waals surface area contributed by atoms with Crippen molar-refractivity contribution in [1.29, 1.82) is 0 Å². The first-order valence-electron chi connectivity index (χ1n) is 5.16. The molecule has 1 aromatic carbocycles. The van der Waals surface area contributed by atoms with Crippen LogP contribution in [0.1, 0.15) is 27.2 Å². The maximum absolute atomic E-state index is 12.0. The Kier molecular flexibility index (Phi) is 3.60.